The maximum Gasteiger partial charge on any atom is 0.151 e. The fraction of sp³-hybridized carbons (Fsp3) is 0.333. The Kier molecular flexibility index (Phi) is 1.46. The van der Waals surface area contributed by atoms with E-state index in [2.05, 4.69) is 18.0 Å². The molecule has 0 fully saturated rings. The zero-order chi connectivity index (χ0) is 7.68. The van der Waals surface area contributed by atoms with Gasteiger partial charge in [0.05, 0.1) is 5.52 Å². The second-order valence-corrected chi connectivity index (χ2v) is 2.72. The Bertz CT molecular complexity index is 316. The molecule has 58 valence electrons. The normalized spacial score (nSPS) is 11.0. The molecule has 2 aromatic rings. The van der Waals surface area contributed by atoms with Crippen molar-refractivity contribution < 1.29 is 4.42 Å². The first kappa shape index (κ1) is 6.53. The summed E-state index contributed by atoms with van der Waals surface area (Å²) in [6, 6.07) is 4.02. The van der Waals surface area contributed by atoms with Gasteiger partial charge in [0.25, 0.3) is 0 Å². The third-order valence-electron chi connectivity index (χ3n) is 1.78. The van der Waals surface area contributed by atoms with Gasteiger partial charge in [-0.25, -0.2) is 0 Å². The molecule has 2 heterocycles. The van der Waals surface area contributed by atoms with E-state index in [1.54, 1.807) is 0 Å². The average molecular weight is 149 g/mol. The van der Waals surface area contributed by atoms with Crippen LogP contribution in [0.15, 0.2) is 22.7 Å². The molecule has 0 unspecified atom stereocenters. The zero-order valence-electron chi connectivity index (χ0n) is 6.55. The number of aryl methyl sites for hydroxylation is 1. The number of H-pyrrole nitrogens is 1. The van der Waals surface area contributed by atoms with Crippen LogP contribution in [0.1, 0.15) is 19.1 Å². The third-order valence-corrected chi connectivity index (χ3v) is 1.78. The molecule has 2 rings (SSSR count). The van der Waals surface area contributed by atoms with Crippen molar-refractivity contribution in [2.45, 2.75) is 19.8 Å². The summed E-state index contributed by atoms with van der Waals surface area (Å²) in [7, 11) is 0. The first-order valence-electron chi connectivity index (χ1n) is 3.96. The van der Waals surface area contributed by atoms with E-state index in [9.17, 15) is 0 Å². The van der Waals surface area contributed by atoms with Crippen molar-refractivity contribution in [3.63, 3.8) is 0 Å². The van der Waals surface area contributed by atoms with E-state index in [-0.39, 0.29) is 0 Å². The van der Waals surface area contributed by atoms with E-state index in [1.807, 2.05) is 12.3 Å². The summed E-state index contributed by atoms with van der Waals surface area (Å²) >= 11 is 0. The lowest BCUT2D eigenvalue weighted by Crippen LogP contribution is -1.74. The quantitative estimate of drug-likeness (QED) is 0.698. The van der Waals surface area contributed by atoms with Crippen LogP contribution < -0.4 is 0 Å². The number of hydrogen-bond donors (Lipinski definition) is 1. The number of rotatable bonds is 2. The molecule has 0 radical (unpaired) electrons. The Balaban J connectivity index is 2.42. The first-order chi connectivity index (χ1) is 5.40. The molecule has 2 aromatic heterocycles. The van der Waals surface area contributed by atoms with E-state index in [0.29, 0.717) is 0 Å². The molecule has 0 aliphatic heterocycles. The van der Waals surface area contributed by atoms with Gasteiger partial charge in [0.1, 0.15) is 5.76 Å². The first-order valence-corrected chi connectivity index (χ1v) is 3.96. The summed E-state index contributed by atoms with van der Waals surface area (Å²) in [5.41, 5.74) is 2.07. The number of nitrogens with one attached hydrogen (secondary N) is 1. The van der Waals surface area contributed by atoms with Crippen LogP contribution >= 0.6 is 0 Å². The van der Waals surface area contributed by atoms with Gasteiger partial charge in [-0.3, -0.25) is 0 Å². The van der Waals surface area contributed by atoms with Crippen molar-refractivity contribution in [2.24, 2.45) is 0 Å². The maximum absolute atomic E-state index is 5.52. The van der Waals surface area contributed by atoms with E-state index in [4.69, 9.17) is 4.42 Å². The van der Waals surface area contributed by atoms with Gasteiger partial charge >= 0.3 is 0 Å². The zero-order valence-corrected chi connectivity index (χ0v) is 6.55. The van der Waals surface area contributed by atoms with Crippen LogP contribution in [0, 0.1) is 0 Å². The lowest BCUT2D eigenvalue weighted by atomic mass is 10.3. The second-order valence-electron chi connectivity index (χ2n) is 2.72. The molecule has 1 N–H and O–H groups in total. The Hall–Kier alpha value is -1.18. The number of aromatic amines is 1. The minimum atomic E-state index is 0.966. The standard InChI is InChI=1S/C9H11NO/c1-2-3-7-6-8-9(11-7)4-5-10-8/h4-6,10H,2-3H2,1H3. The minimum Gasteiger partial charge on any atom is -0.459 e. The highest BCUT2D eigenvalue weighted by Gasteiger charge is 2.01. The van der Waals surface area contributed by atoms with Crippen LogP contribution in [0.4, 0.5) is 0 Å². The molecule has 0 aliphatic carbocycles. The second kappa shape index (κ2) is 2.46. The molecule has 2 nitrogen and oxygen atoms in total. The number of furan rings is 1. The van der Waals surface area contributed by atoms with Gasteiger partial charge in [-0.1, -0.05) is 6.92 Å². The molecule has 0 amide bonds. The predicted molar refractivity (Wildman–Crippen MR) is 44.6 cm³/mol. The van der Waals surface area contributed by atoms with Crippen molar-refractivity contribution in [1.82, 2.24) is 4.98 Å². The molecule has 0 spiro atoms. The van der Waals surface area contributed by atoms with Crippen molar-refractivity contribution in [1.29, 1.82) is 0 Å². The third kappa shape index (κ3) is 1.04. The number of fused-ring (bicyclic) bond motifs is 1. The number of aromatic nitrogens is 1. The molecule has 11 heavy (non-hydrogen) atoms. The maximum atomic E-state index is 5.52. The lowest BCUT2D eigenvalue weighted by Gasteiger charge is -1.87. The molecule has 0 aromatic carbocycles. The monoisotopic (exact) mass is 149 g/mol. The van der Waals surface area contributed by atoms with Gasteiger partial charge in [-0.2, -0.15) is 0 Å². The molecule has 2 heteroatoms. The fourth-order valence-electron chi connectivity index (χ4n) is 1.27. The van der Waals surface area contributed by atoms with Gasteiger partial charge in [-0.05, 0) is 12.5 Å². The van der Waals surface area contributed by atoms with Crippen molar-refractivity contribution in [3.8, 4) is 0 Å². The Morgan fingerprint density at radius 2 is 2.45 bits per heavy atom. The highest BCUT2D eigenvalue weighted by Crippen LogP contribution is 2.18. The summed E-state index contributed by atoms with van der Waals surface area (Å²) < 4.78 is 5.52. The van der Waals surface area contributed by atoms with Crippen LogP contribution in [0.2, 0.25) is 0 Å². The minimum absolute atomic E-state index is 0.966. The number of hydrogen-bond acceptors (Lipinski definition) is 1. The lowest BCUT2D eigenvalue weighted by molar-refractivity contribution is 0.545. The predicted octanol–water partition coefficient (Wildman–Crippen LogP) is 2.71. The van der Waals surface area contributed by atoms with Gasteiger partial charge in [0, 0.05) is 18.7 Å². The molecule has 0 atom stereocenters. The topological polar surface area (TPSA) is 28.9 Å². The molecular weight excluding hydrogens is 138 g/mol. The van der Waals surface area contributed by atoms with Crippen LogP contribution in [0.5, 0.6) is 0 Å². The van der Waals surface area contributed by atoms with Crippen LogP contribution in [0.3, 0.4) is 0 Å². The fourth-order valence-corrected chi connectivity index (χ4v) is 1.27. The van der Waals surface area contributed by atoms with E-state index < -0.39 is 0 Å². The van der Waals surface area contributed by atoms with Crippen molar-refractivity contribution >= 4 is 11.1 Å². The van der Waals surface area contributed by atoms with Crippen molar-refractivity contribution in [3.05, 3.63) is 24.1 Å². The summed E-state index contributed by atoms with van der Waals surface area (Å²) in [6.07, 6.45) is 4.06. The average Bonchev–Trinajstić information content (AvgIpc) is 2.46. The largest absolute Gasteiger partial charge is 0.459 e. The van der Waals surface area contributed by atoms with E-state index in [0.717, 1.165) is 29.7 Å². The smallest absolute Gasteiger partial charge is 0.151 e. The summed E-state index contributed by atoms with van der Waals surface area (Å²) in [4.78, 5) is 3.10. The van der Waals surface area contributed by atoms with Crippen LogP contribution in [-0.2, 0) is 6.42 Å². The van der Waals surface area contributed by atoms with Gasteiger partial charge in [0.2, 0.25) is 0 Å². The summed E-state index contributed by atoms with van der Waals surface area (Å²) in [5.74, 6) is 1.08. The van der Waals surface area contributed by atoms with E-state index >= 15 is 0 Å². The summed E-state index contributed by atoms with van der Waals surface area (Å²) in [5, 5.41) is 0. The molecule has 0 saturated carbocycles. The Morgan fingerprint density at radius 1 is 1.55 bits per heavy atom. The Labute approximate surface area is 65.2 Å². The SMILES string of the molecule is CCCc1cc2[nH]ccc2o1. The van der Waals surface area contributed by atoms with Gasteiger partial charge < -0.3 is 9.40 Å². The Morgan fingerprint density at radius 3 is 3.18 bits per heavy atom. The van der Waals surface area contributed by atoms with Crippen molar-refractivity contribution in [2.75, 3.05) is 0 Å². The molecule has 0 bridgehead atoms. The van der Waals surface area contributed by atoms with Crippen LogP contribution in [-0.4, -0.2) is 4.98 Å². The highest BCUT2D eigenvalue weighted by molar-refractivity contribution is 5.73. The molecular formula is C9H11NO. The van der Waals surface area contributed by atoms with E-state index in [1.165, 1.54) is 0 Å². The highest BCUT2D eigenvalue weighted by atomic mass is 16.3. The summed E-state index contributed by atoms with van der Waals surface area (Å²) in [6.45, 7) is 2.15. The molecule has 0 saturated heterocycles. The molecule has 0 aliphatic rings. The van der Waals surface area contributed by atoms with Crippen LogP contribution in [0.25, 0.3) is 11.1 Å². The van der Waals surface area contributed by atoms with Gasteiger partial charge in [-0.15, -0.1) is 0 Å². The van der Waals surface area contributed by atoms with Gasteiger partial charge in [0.15, 0.2) is 5.58 Å².